The second-order valence-corrected chi connectivity index (χ2v) is 7.99. The van der Waals surface area contributed by atoms with Crippen molar-refractivity contribution >= 4 is 29.3 Å². The van der Waals surface area contributed by atoms with Gasteiger partial charge in [-0.3, -0.25) is 24.1 Å². The lowest BCUT2D eigenvalue weighted by atomic mass is 10.1. The van der Waals surface area contributed by atoms with Crippen LogP contribution in [0.3, 0.4) is 0 Å². The Kier molecular flexibility index (Phi) is 6.69. The van der Waals surface area contributed by atoms with E-state index in [1.54, 1.807) is 13.2 Å². The third-order valence-electron chi connectivity index (χ3n) is 5.76. The number of anilines is 1. The van der Waals surface area contributed by atoms with E-state index in [2.05, 4.69) is 10.6 Å². The molecular formula is C24H26N4O5. The Balaban J connectivity index is 1.37. The third kappa shape index (κ3) is 4.88. The second-order valence-electron chi connectivity index (χ2n) is 7.99. The van der Waals surface area contributed by atoms with Crippen LogP contribution in [0.4, 0.5) is 5.69 Å². The first-order valence-electron chi connectivity index (χ1n) is 10.9. The molecule has 33 heavy (non-hydrogen) atoms. The Hall–Kier alpha value is -3.72. The summed E-state index contributed by atoms with van der Waals surface area (Å²) in [5.74, 6) is -1.05. The Morgan fingerprint density at radius 3 is 2.55 bits per heavy atom. The van der Waals surface area contributed by atoms with Gasteiger partial charge in [-0.25, -0.2) is 0 Å². The maximum atomic E-state index is 12.7. The summed E-state index contributed by atoms with van der Waals surface area (Å²) in [6, 6.07) is 12.2. The maximum Gasteiger partial charge on any atom is 0.261 e. The highest BCUT2D eigenvalue weighted by atomic mass is 16.5. The van der Waals surface area contributed by atoms with Gasteiger partial charge in [-0.05, 0) is 42.3 Å². The van der Waals surface area contributed by atoms with E-state index in [0.717, 1.165) is 17.8 Å². The molecule has 4 amide bonds. The van der Waals surface area contributed by atoms with Gasteiger partial charge < -0.3 is 20.3 Å². The fraction of sp³-hybridized carbons (Fsp3) is 0.333. The molecule has 9 nitrogen and oxygen atoms in total. The van der Waals surface area contributed by atoms with Crippen LogP contribution in [-0.4, -0.2) is 68.4 Å². The Morgan fingerprint density at radius 1 is 1.06 bits per heavy atom. The van der Waals surface area contributed by atoms with Gasteiger partial charge in [0.2, 0.25) is 5.91 Å². The van der Waals surface area contributed by atoms with E-state index in [9.17, 15) is 19.2 Å². The summed E-state index contributed by atoms with van der Waals surface area (Å²) in [5, 5.41) is 5.65. The number of carbonyl (C=O) groups is 4. The Morgan fingerprint density at radius 2 is 1.82 bits per heavy atom. The van der Waals surface area contributed by atoms with E-state index in [1.165, 1.54) is 17.0 Å². The molecule has 0 radical (unpaired) electrons. The van der Waals surface area contributed by atoms with Crippen LogP contribution in [0.25, 0.3) is 0 Å². The molecule has 2 aromatic carbocycles. The molecule has 1 fully saturated rings. The van der Waals surface area contributed by atoms with Crippen molar-refractivity contribution in [2.24, 2.45) is 0 Å². The molecule has 0 aliphatic carbocycles. The lowest BCUT2D eigenvalue weighted by Crippen LogP contribution is -2.47. The molecular weight excluding hydrogens is 424 g/mol. The van der Waals surface area contributed by atoms with Gasteiger partial charge in [0.25, 0.3) is 17.7 Å². The molecule has 0 spiro atoms. The number of nitrogens with zero attached hydrogens (tertiary/aromatic N) is 2. The standard InChI is InChI=1S/C24H26N4O5/c1-33-12-2-10-28-23(31)19-8-5-17(13-20(19)24(28)32)22(30)26-14-16-3-6-18(7-4-16)27-11-9-25-21(29)15-27/h3-8,13H,2,9-12,14-15H2,1H3,(H,25,29)(H,26,30). The largest absolute Gasteiger partial charge is 0.385 e. The van der Waals surface area contributed by atoms with E-state index >= 15 is 0 Å². The van der Waals surface area contributed by atoms with Crippen LogP contribution in [0, 0.1) is 0 Å². The monoisotopic (exact) mass is 450 g/mol. The number of hydrogen-bond donors (Lipinski definition) is 2. The molecule has 0 aromatic heterocycles. The van der Waals surface area contributed by atoms with Gasteiger partial charge in [0.05, 0.1) is 17.7 Å². The number of methoxy groups -OCH3 is 1. The van der Waals surface area contributed by atoms with Crippen molar-refractivity contribution < 1.29 is 23.9 Å². The Labute approximate surface area is 191 Å². The van der Waals surface area contributed by atoms with Gasteiger partial charge in [0.15, 0.2) is 0 Å². The smallest absolute Gasteiger partial charge is 0.261 e. The van der Waals surface area contributed by atoms with Gasteiger partial charge >= 0.3 is 0 Å². The van der Waals surface area contributed by atoms with Crippen LogP contribution in [-0.2, 0) is 16.1 Å². The summed E-state index contributed by atoms with van der Waals surface area (Å²) in [7, 11) is 1.57. The van der Waals surface area contributed by atoms with E-state index in [1.807, 2.05) is 29.2 Å². The number of piperazine rings is 1. The van der Waals surface area contributed by atoms with Gasteiger partial charge in [-0.2, -0.15) is 0 Å². The molecule has 2 aliphatic rings. The van der Waals surface area contributed by atoms with Gasteiger partial charge in [-0.15, -0.1) is 0 Å². The first kappa shape index (κ1) is 22.5. The minimum atomic E-state index is -0.386. The number of carbonyl (C=O) groups excluding carboxylic acids is 4. The molecule has 2 heterocycles. The van der Waals surface area contributed by atoms with Crippen molar-refractivity contribution in [1.82, 2.24) is 15.5 Å². The molecule has 0 unspecified atom stereocenters. The second kappa shape index (κ2) is 9.83. The number of fused-ring (bicyclic) bond motifs is 1. The van der Waals surface area contributed by atoms with Crippen molar-refractivity contribution in [2.45, 2.75) is 13.0 Å². The highest BCUT2D eigenvalue weighted by Crippen LogP contribution is 2.24. The summed E-state index contributed by atoms with van der Waals surface area (Å²) in [6.45, 7) is 2.75. The summed E-state index contributed by atoms with van der Waals surface area (Å²) in [5.41, 5.74) is 2.75. The third-order valence-corrected chi connectivity index (χ3v) is 5.76. The van der Waals surface area contributed by atoms with Crippen molar-refractivity contribution in [3.05, 3.63) is 64.7 Å². The number of ether oxygens (including phenoxy) is 1. The number of nitrogens with one attached hydrogen (secondary N) is 2. The van der Waals surface area contributed by atoms with Crippen LogP contribution < -0.4 is 15.5 Å². The van der Waals surface area contributed by atoms with Crippen molar-refractivity contribution in [3.63, 3.8) is 0 Å². The van der Waals surface area contributed by atoms with E-state index < -0.39 is 0 Å². The molecule has 0 saturated carbocycles. The van der Waals surface area contributed by atoms with E-state index in [4.69, 9.17) is 4.74 Å². The first-order valence-corrected chi connectivity index (χ1v) is 10.9. The zero-order valence-electron chi connectivity index (χ0n) is 18.4. The number of benzene rings is 2. The maximum absolute atomic E-state index is 12.7. The molecule has 4 rings (SSSR count). The van der Waals surface area contributed by atoms with Crippen molar-refractivity contribution in [3.8, 4) is 0 Å². The van der Waals surface area contributed by atoms with Crippen LogP contribution in [0.2, 0.25) is 0 Å². The van der Waals surface area contributed by atoms with Crippen LogP contribution in [0.5, 0.6) is 0 Å². The quantitative estimate of drug-likeness (QED) is 0.462. The highest BCUT2D eigenvalue weighted by Gasteiger charge is 2.35. The van der Waals surface area contributed by atoms with E-state index in [-0.39, 0.29) is 35.7 Å². The summed E-state index contributed by atoms with van der Waals surface area (Å²) in [6.07, 6.45) is 0.555. The molecule has 9 heteroatoms. The predicted molar refractivity (Wildman–Crippen MR) is 121 cm³/mol. The highest BCUT2D eigenvalue weighted by molar-refractivity contribution is 6.22. The SMILES string of the molecule is COCCCN1C(=O)c2ccc(C(=O)NCc3ccc(N4CCNC(=O)C4)cc3)cc2C1=O. The summed E-state index contributed by atoms with van der Waals surface area (Å²) < 4.78 is 4.98. The van der Waals surface area contributed by atoms with E-state index in [0.29, 0.717) is 43.8 Å². The predicted octanol–water partition coefficient (Wildman–Crippen LogP) is 1.19. The van der Waals surface area contributed by atoms with Gasteiger partial charge in [0, 0.05) is 51.1 Å². The lowest BCUT2D eigenvalue weighted by molar-refractivity contribution is -0.120. The average Bonchev–Trinajstić information content (AvgIpc) is 3.07. The molecule has 2 aliphatic heterocycles. The molecule has 172 valence electrons. The molecule has 0 atom stereocenters. The average molecular weight is 450 g/mol. The minimum absolute atomic E-state index is 0.00483. The molecule has 1 saturated heterocycles. The zero-order valence-corrected chi connectivity index (χ0v) is 18.4. The fourth-order valence-corrected chi connectivity index (χ4v) is 3.97. The van der Waals surface area contributed by atoms with Crippen molar-refractivity contribution in [2.75, 3.05) is 44.8 Å². The molecule has 2 aromatic rings. The summed E-state index contributed by atoms with van der Waals surface area (Å²) in [4.78, 5) is 52.6. The topological polar surface area (TPSA) is 108 Å². The number of amides is 4. The minimum Gasteiger partial charge on any atom is -0.385 e. The lowest BCUT2D eigenvalue weighted by Gasteiger charge is -2.28. The first-order chi connectivity index (χ1) is 16.0. The van der Waals surface area contributed by atoms with Gasteiger partial charge in [-0.1, -0.05) is 12.1 Å². The van der Waals surface area contributed by atoms with Crippen molar-refractivity contribution in [1.29, 1.82) is 0 Å². The number of rotatable bonds is 8. The summed E-state index contributed by atoms with van der Waals surface area (Å²) >= 11 is 0. The number of imide groups is 1. The van der Waals surface area contributed by atoms with Crippen LogP contribution >= 0.6 is 0 Å². The fourth-order valence-electron chi connectivity index (χ4n) is 3.97. The molecule has 2 N–H and O–H groups in total. The molecule has 0 bridgehead atoms. The van der Waals surface area contributed by atoms with Crippen LogP contribution in [0.15, 0.2) is 42.5 Å². The number of hydrogen-bond acceptors (Lipinski definition) is 6. The zero-order chi connectivity index (χ0) is 23.4. The van der Waals surface area contributed by atoms with Gasteiger partial charge in [0.1, 0.15) is 0 Å². The Bertz CT molecular complexity index is 1080. The van der Waals surface area contributed by atoms with Crippen LogP contribution in [0.1, 0.15) is 43.1 Å². The normalized spacial score (nSPS) is 15.5.